The minimum atomic E-state index is 0.168. The number of aromatic nitrogens is 1. The highest BCUT2D eigenvalue weighted by Crippen LogP contribution is 2.19. The lowest BCUT2D eigenvalue weighted by Crippen LogP contribution is -2.38. The van der Waals surface area contributed by atoms with Crippen LogP contribution in [0.5, 0.6) is 0 Å². The lowest BCUT2D eigenvalue weighted by Gasteiger charge is -2.27. The highest BCUT2D eigenvalue weighted by atomic mass is 32.1. The fraction of sp³-hybridized carbons (Fsp3) is 0.778. The van der Waals surface area contributed by atoms with E-state index < -0.39 is 0 Å². The molecule has 130 valence electrons. The van der Waals surface area contributed by atoms with Crippen LogP contribution in [0.3, 0.4) is 0 Å². The third kappa shape index (κ3) is 6.22. The number of carbonyl (C=O) groups excluding carboxylic acids is 1. The predicted octanol–water partition coefficient (Wildman–Crippen LogP) is 3.58. The minimum absolute atomic E-state index is 0.168. The predicted molar refractivity (Wildman–Crippen MR) is 97.0 cm³/mol. The first-order valence-corrected chi connectivity index (χ1v) is 9.89. The van der Waals surface area contributed by atoms with Crippen LogP contribution in [0.25, 0.3) is 0 Å². The van der Waals surface area contributed by atoms with Crippen LogP contribution in [0.4, 0.5) is 0 Å². The summed E-state index contributed by atoms with van der Waals surface area (Å²) in [6.07, 6.45) is 6.64. The molecule has 1 aliphatic heterocycles. The molecule has 2 heterocycles. The van der Waals surface area contributed by atoms with Gasteiger partial charge in [-0.25, -0.2) is 4.98 Å². The molecule has 0 spiro atoms. The van der Waals surface area contributed by atoms with Gasteiger partial charge in [0.05, 0.1) is 10.7 Å². The minimum Gasteiger partial charge on any atom is -0.356 e. The summed E-state index contributed by atoms with van der Waals surface area (Å²) in [5.74, 6) is 0.652. The Morgan fingerprint density at radius 3 is 2.57 bits per heavy atom. The smallest absolute Gasteiger partial charge is 0.221 e. The summed E-state index contributed by atoms with van der Waals surface area (Å²) < 4.78 is 0. The summed E-state index contributed by atoms with van der Waals surface area (Å²) in [5.41, 5.74) is 1.10. The maximum atomic E-state index is 12.1. The molecule has 0 radical (unpaired) electrons. The molecule has 23 heavy (non-hydrogen) atoms. The van der Waals surface area contributed by atoms with Gasteiger partial charge < -0.3 is 10.2 Å². The van der Waals surface area contributed by atoms with Crippen molar-refractivity contribution >= 4 is 17.2 Å². The van der Waals surface area contributed by atoms with Gasteiger partial charge >= 0.3 is 0 Å². The molecule has 5 heteroatoms. The van der Waals surface area contributed by atoms with Crippen LogP contribution < -0.4 is 5.32 Å². The maximum absolute atomic E-state index is 12.1. The highest BCUT2D eigenvalue weighted by molar-refractivity contribution is 7.09. The van der Waals surface area contributed by atoms with Crippen LogP contribution in [-0.4, -0.2) is 41.5 Å². The van der Waals surface area contributed by atoms with Crippen LogP contribution in [-0.2, 0) is 11.2 Å². The Labute approximate surface area is 144 Å². The van der Waals surface area contributed by atoms with Gasteiger partial charge in [-0.3, -0.25) is 4.79 Å². The number of likely N-dealkylation sites (tertiary alicyclic amines) is 1. The highest BCUT2D eigenvalue weighted by Gasteiger charge is 2.18. The molecule has 0 aromatic carbocycles. The summed E-state index contributed by atoms with van der Waals surface area (Å²) in [7, 11) is 0. The van der Waals surface area contributed by atoms with Gasteiger partial charge in [-0.05, 0) is 32.9 Å². The molecule has 1 saturated heterocycles. The molecule has 1 amide bonds. The van der Waals surface area contributed by atoms with E-state index in [1.54, 1.807) is 11.3 Å². The van der Waals surface area contributed by atoms with Gasteiger partial charge in [-0.2, -0.15) is 0 Å². The van der Waals surface area contributed by atoms with E-state index in [4.69, 9.17) is 0 Å². The Morgan fingerprint density at radius 1 is 1.26 bits per heavy atom. The van der Waals surface area contributed by atoms with E-state index in [2.05, 4.69) is 41.4 Å². The first kappa shape index (κ1) is 18.4. The SMILES string of the molecule is CC(C)c1nc(CCNC(=O)CC(C)N2CCCCCC2)cs1. The van der Waals surface area contributed by atoms with Crippen molar-refractivity contribution < 1.29 is 4.79 Å². The molecule has 1 aromatic heterocycles. The van der Waals surface area contributed by atoms with E-state index in [0.29, 0.717) is 24.9 Å². The zero-order chi connectivity index (χ0) is 16.7. The van der Waals surface area contributed by atoms with Crippen LogP contribution in [0.2, 0.25) is 0 Å². The monoisotopic (exact) mass is 337 g/mol. The third-order valence-corrected chi connectivity index (χ3v) is 5.71. The van der Waals surface area contributed by atoms with Gasteiger partial charge in [0.2, 0.25) is 5.91 Å². The zero-order valence-electron chi connectivity index (χ0n) is 14.8. The van der Waals surface area contributed by atoms with Crippen molar-refractivity contribution in [2.45, 2.75) is 71.3 Å². The molecular formula is C18H31N3OS. The molecule has 1 fully saturated rings. The summed E-state index contributed by atoms with van der Waals surface area (Å²) in [6.45, 7) is 9.48. The van der Waals surface area contributed by atoms with Crippen molar-refractivity contribution in [2.24, 2.45) is 0 Å². The Bertz CT molecular complexity index is 478. The van der Waals surface area contributed by atoms with E-state index in [9.17, 15) is 4.79 Å². The number of nitrogens with one attached hydrogen (secondary N) is 1. The number of hydrogen-bond donors (Lipinski definition) is 1. The summed E-state index contributed by atoms with van der Waals surface area (Å²) in [6, 6.07) is 0.347. The van der Waals surface area contributed by atoms with E-state index in [1.807, 2.05) is 0 Å². The van der Waals surface area contributed by atoms with Crippen LogP contribution in [0.1, 0.15) is 69.5 Å². The normalized spacial score (nSPS) is 17.9. The van der Waals surface area contributed by atoms with E-state index in [0.717, 1.165) is 25.2 Å². The van der Waals surface area contributed by atoms with Crippen molar-refractivity contribution in [1.82, 2.24) is 15.2 Å². The van der Waals surface area contributed by atoms with Gasteiger partial charge in [0, 0.05) is 36.7 Å². The van der Waals surface area contributed by atoms with E-state index in [1.165, 1.54) is 30.7 Å². The second kappa shape index (κ2) is 9.38. The van der Waals surface area contributed by atoms with Crippen molar-refractivity contribution in [3.05, 3.63) is 16.1 Å². The van der Waals surface area contributed by atoms with Crippen LogP contribution in [0, 0.1) is 0 Å². The summed E-state index contributed by atoms with van der Waals surface area (Å²) >= 11 is 1.72. The van der Waals surface area contributed by atoms with Crippen molar-refractivity contribution in [2.75, 3.05) is 19.6 Å². The largest absolute Gasteiger partial charge is 0.356 e. The van der Waals surface area contributed by atoms with Gasteiger partial charge in [0.1, 0.15) is 0 Å². The van der Waals surface area contributed by atoms with Crippen LogP contribution in [0.15, 0.2) is 5.38 Å². The molecule has 2 rings (SSSR count). The van der Waals surface area contributed by atoms with Crippen molar-refractivity contribution in [1.29, 1.82) is 0 Å². The molecular weight excluding hydrogens is 306 g/mol. The Kier molecular flexibility index (Phi) is 7.50. The molecule has 1 aromatic rings. The number of amides is 1. The van der Waals surface area contributed by atoms with Gasteiger partial charge in [0.15, 0.2) is 0 Å². The summed E-state index contributed by atoms with van der Waals surface area (Å²) in [4.78, 5) is 19.2. The molecule has 0 bridgehead atoms. The maximum Gasteiger partial charge on any atom is 0.221 e. The molecule has 1 aliphatic rings. The fourth-order valence-electron chi connectivity index (χ4n) is 3.04. The summed E-state index contributed by atoms with van der Waals surface area (Å²) in [5, 5.41) is 6.35. The van der Waals surface area contributed by atoms with Gasteiger partial charge in [0.25, 0.3) is 0 Å². The topological polar surface area (TPSA) is 45.2 Å². The lowest BCUT2D eigenvalue weighted by molar-refractivity contribution is -0.122. The fourth-order valence-corrected chi connectivity index (χ4v) is 3.91. The average molecular weight is 338 g/mol. The van der Waals surface area contributed by atoms with Crippen LogP contribution >= 0.6 is 11.3 Å². The average Bonchev–Trinajstić information content (AvgIpc) is 2.81. The Balaban J connectivity index is 1.67. The van der Waals surface area contributed by atoms with Crippen molar-refractivity contribution in [3.63, 3.8) is 0 Å². The lowest BCUT2D eigenvalue weighted by atomic mass is 10.2. The third-order valence-electron chi connectivity index (χ3n) is 4.51. The molecule has 0 saturated carbocycles. The first-order valence-electron chi connectivity index (χ1n) is 9.01. The molecule has 1 unspecified atom stereocenters. The number of rotatable bonds is 7. The molecule has 0 aliphatic carbocycles. The number of carbonyl (C=O) groups is 1. The Hall–Kier alpha value is -0.940. The second-order valence-corrected chi connectivity index (χ2v) is 7.82. The van der Waals surface area contributed by atoms with E-state index in [-0.39, 0.29) is 5.91 Å². The first-order chi connectivity index (χ1) is 11.1. The number of nitrogens with zero attached hydrogens (tertiary/aromatic N) is 2. The van der Waals surface area contributed by atoms with E-state index >= 15 is 0 Å². The van der Waals surface area contributed by atoms with Crippen molar-refractivity contribution in [3.8, 4) is 0 Å². The standard InChI is InChI=1S/C18H31N3OS/c1-14(2)18-20-16(13-23-18)8-9-19-17(22)12-15(3)21-10-6-4-5-7-11-21/h13-15H,4-12H2,1-3H3,(H,19,22). The molecule has 1 N–H and O–H groups in total. The quantitative estimate of drug-likeness (QED) is 0.827. The number of thiazole rings is 1. The van der Waals surface area contributed by atoms with Gasteiger partial charge in [-0.1, -0.05) is 26.7 Å². The number of hydrogen-bond acceptors (Lipinski definition) is 4. The molecule has 4 nitrogen and oxygen atoms in total. The second-order valence-electron chi connectivity index (χ2n) is 6.94. The molecule has 1 atom stereocenters. The van der Waals surface area contributed by atoms with Gasteiger partial charge in [-0.15, -0.1) is 11.3 Å². The Morgan fingerprint density at radius 2 is 1.96 bits per heavy atom. The zero-order valence-corrected chi connectivity index (χ0v) is 15.6.